The summed E-state index contributed by atoms with van der Waals surface area (Å²) in [6.07, 6.45) is 0.450. The van der Waals surface area contributed by atoms with Gasteiger partial charge >= 0.3 is 0 Å². The fourth-order valence-electron chi connectivity index (χ4n) is 2.83. The maximum absolute atomic E-state index is 12.4. The lowest BCUT2D eigenvalue weighted by Crippen LogP contribution is -2.19. The van der Waals surface area contributed by atoms with Gasteiger partial charge in [0.05, 0.1) is 23.2 Å². The van der Waals surface area contributed by atoms with Crippen molar-refractivity contribution >= 4 is 33.3 Å². The summed E-state index contributed by atoms with van der Waals surface area (Å²) in [5.41, 5.74) is 0.973. The number of nitrogens with zero attached hydrogens (tertiary/aromatic N) is 2. The zero-order chi connectivity index (χ0) is 18.9. The standard InChI is InChI=1S/C16H17F2N3O3S2/c1-10-8-14(21(20-10)12-6-7-26(23,24)9-12)19-15(22)11-2-4-13(5-3-11)25-16(17)18/h2-5,8,12,16H,6-7,9H2,1H3,(H,19,22). The summed E-state index contributed by atoms with van der Waals surface area (Å²) < 4.78 is 49.6. The summed E-state index contributed by atoms with van der Waals surface area (Å²) in [5, 5.41) is 7.03. The molecule has 3 rings (SSSR count). The molecule has 140 valence electrons. The van der Waals surface area contributed by atoms with Crippen molar-refractivity contribution in [1.82, 2.24) is 9.78 Å². The van der Waals surface area contributed by atoms with Crippen LogP contribution in [0.25, 0.3) is 0 Å². The van der Waals surface area contributed by atoms with E-state index in [2.05, 4.69) is 10.4 Å². The van der Waals surface area contributed by atoms with Crippen LogP contribution in [0.4, 0.5) is 14.6 Å². The van der Waals surface area contributed by atoms with E-state index in [0.29, 0.717) is 40.2 Å². The first-order valence-corrected chi connectivity index (χ1v) is 10.6. The number of hydrogen-bond acceptors (Lipinski definition) is 5. The van der Waals surface area contributed by atoms with E-state index in [1.165, 1.54) is 24.3 Å². The van der Waals surface area contributed by atoms with Crippen LogP contribution in [0.5, 0.6) is 0 Å². The topological polar surface area (TPSA) is 81.1 Å². The molecule has 1 amide bonds. The number of sulfone groups is 1. The van der Waals surface area contributed by atoms with Gasteiger partial charge in [0.15, 0.2) is 9.84 Å². The number of alkyl halides is 2. The summed E-state index contributed by atoms with van der Waals surface area (Å²) in [5.74, 6) is -2.42. The Morgan fingerprint density at radius 2 is 2.04 bits per heavy atom. The molecule has 1 unspecified atom stereocenters. The monoisotopic (exact) mass is 401 g/mol. The first kappa shape index (κ1) is 18.8. The van der Waals surface area contributed by atoms with Gasteiger partial charge in [-0.15, -0.1) is 0 Å². The van der Waals surface area contributed by atoms with Crippen LogP contribution in [0.15, 0.2) is 35.2 Å². The highest BCUT2D eigenvalue weighted by Gasteiger charge is 2.31. The Morgan fingerprint density at radius 3 is 2.62 bits per heavy atom. The number of halogens is 2. The van der Waals surface area contributed by atoms with Crippen molar-refractivity contribution in [2.24, 2.45) is 0 Å². The molecule has 2 heterocycles. The highest BCUT2D eigenvalue weighted by molar-refractivity contribution is 7.99. The second-order valence-electron chi connectivity index (χ2n) is 6.03. The van der Waals surface area contributed by atoms with Crippen LogP contribution in [-0.2, 0) is 9.84 Å². The Balaban J connectivity index is 1.76. The van der Waals surface area contributed by atoms with Crippen LogP contribution in [0, 0.1) is 6.92 Å². The van der Waals surface area contributed by atoms with E-state index in [4.69, 9.17) is 0 Å². The van der Waals surface area contributed by atoms with Crippen LogP contribution in [0.2, 0.25) is 0 Å². The van der Waals surface area contributed by atoms with Crippen LogP contribution in [0.1, 0.15) is 28.5 Å². The molecule has 1 aliphatic rings. The largest absolute Gasteiger partial charge is 0.307 e. The van der Waals surface area contributed by atoms with Crippen molar-refractivity contribution in [3.63, 3.8) is 0 Å². The Morgan fingerprint density at radius 1 is 1.35 bits per heavy atom. The van der Waals surface area contributed by atoms with Crippen LogP contribution in [0.3, 0.4) is 0 Å². The number of hydrogen-bond donors (Lipinski definition) is 1. The van der Waals surface area contributed by atoms with Gasteiger partial charge in [0.1, 0.15) is 5.82 Å². The number of aryl methyl sites for hydroxylation is 1. The van der Waals surface area contributed by atoms with Crippen LogP contribution < -0.4 is 5.32 Å². The molecule has 26 heavy (non-hydrogen) atoms. The van der Waals surface area contributed by atoms with E-state index in [-0.39, 0.29) is 17.5 Å². The van der Waals surface area contributed by atoms with Gasteiger partial charge in [0, 0.05) is 16.5 Å². The molecular formula is C16H17F2N3O3S2. The fourth-order valence-corrected chi connectivity index (χ4v) is 5.02. The van der Waals surface area contributed by atoms with Crippen molar-refractivity contribution in [2.45, 2.75) is 30.0 Å². The second kappa shape index (κ2) is 7.36. The van der Waals surface area contributed by atoms with Crippen molar-refractivity contribution < 1.29 is 22.0 Å². The number of anilines is 1. The Hall–Kier alpha value is -1.94. The normalized spacial score (nSPS) is 19.0. The highest BCUT2D eigenvalue weighted by atomic mass is 32.2. The molecule has 0 aliphatic carbocycles. The first-order valence-electron chi connectivity index (χ1n) is 7.86. The first-order chi connectivity index (χ1) is 12.2. The van der Waals surface area contributed by atoms with Gasteiger partial charge in [-0.2, -0.15) is 13.9 Å². The molecule has 1 aliphatic heterocycles. The number of carbonyl (C=O) groups is 1. The number of rotatable bonds is 5. The summed E-state index contributed by atoms with van der Waals surface area (Å²) in [7, 11) is -3.08. The van der Waals surface area contributed by atoms with Crippen LogP contribution >= 0.6 is 11.8 Å². The predicted molar refractivity (Wildman–Crippen MR) is 95.5 cm³/mol. The smallest absolute Gasteiger partial charge is 0.288 e. The summed E-state index contributed by atoms with van der Waals surface area (Å²) in [4.78, 5) is 12.8. The van der Waals surface area contributed by atoms with Crippen molar-refractivity contribution in [3.8, 4) is 0 Å². The second-order valence-corrected chi connectivity index (χ2v) is 9.32. The lowest BCUT2D eigenvalue weighted by atomic mass is 10.2. The third kappa shape index (κ3) is 4.42. The molecule has 1 saturated heterocycles. The third-order valence-corrected chi connectivity index (χ3v) is 6.47. The van der Waals surface area contributed by atoms with Gasteiger partial charge < -0.3 is 5.32 Å². The number of carbonyl (C=O) groups excluding carboxylic acids is 1. The van der Waals surface area contributed by atoms with Gasteiger partial charge in [-0.1, -0.05) is 11.8 Å². The molecule has 1 atom stereocenters. The summed E-state index contributed by atoms with van der Waals surface area (Å²) in [6, 6.07) is 7.20. The Bertz CT molecular complexity index is 911. The predicted octanol–water partition coefficient (Wildman–Crippen LogP) is 3.12. The minimum atomic E-state index is -3.08. The molecule has 0 saturated carbocycles. The lowest BCUT2D eigenvalue weighted by Gasteiger charge is -2.14. The van der Waals surface area contributed by atoms with E-state index in [0.717, 1.165) is 0 Å². The van der Waals surface area contributed by atoms with E-state index < -0.39 is 21.5 Å². The quantitative estimate of drug-likeness (QED) is 0.779. The van der Waals surface area contributed by atoms with Crippen molar-refractivity contribution in [1.29, 1.82) is 0 Å². The number of amides is 1. The molecule has 0 bridgehead atoms. The number of aromatic nitrogens is 2. The summed E-state index contributed by atoms with van der Waals surface area (Å²) in [6.45, 7) is 1.76. The van der Waals surface area contributed by atoms with Gasteiger partial charge in [0.25, 0.3) is 11.7 Å². The Labute approximate surface area is 153 Å². The molecule has 1 N–H and O–H groups in total. The molecule has 1 fully saturated rings. The minimum Gasteiger partial charge on any atom is -0.307 e. The van der Waals surface area contributed by atoms with Gasteiger partial charge in [0.2, 0.25) is 0 Å². The number of benzene rings is 1. The van der Waals surface area contributed by atoms with Gasteiger partial charge in [-0.05, 0) is 37.6 Å². The zero-order valence-corrected chi connectivity index (χ0v) is 15.5. The van der Waals surface area contributed by atoms with Crippen molar-refractivity contribution in [3.05, 3.63) is 41.6 Å². The maximum atomic E-state index is 12.4. The molecule has 1 aromatic carbocycles. The molecule has 0 spiro atoms. The number of thioether (sulfide) groups is 1. The van der Waals surface area contributed by atoms with Crippen molar-refractivity contribution in [2.75, 3.05) is 16.8 Å². The van der Waals surface area contributed by atoms with E-state index in [9.17, 15) is 22.0 Å². The number of nitrogens with one attached hydrogen (secondary N) is 1. The Kier molecular flexibility index (Phi) is 5.33. The molecule has 6 nitrogen and oxygen atoms in total. The zero-order valence-electron chi connectivity index (χ0n) is 13.9. The molecule has 2 aromatic rings. The SMILES string of the molecule is Cc1cc(NC(=O)c2ccc(SC(F)F)cc2)n(C2CCS(=O)(=O)C2)n1. The van der Waals surface area contributed by atoms with Crippen LogP contribution in [-0.4, -0.2) is 41.4 Å². The average molecular weight is 401 g/mol. The van der Waals surface area contributed by atoms with E-state index in [1.54, 1.807) is 17.7 Å². The maximum Gasteiger partial charge on any atom is 0.288 e. The highest BCUT2D eigenvalue weighted by Crippen LogP contribution is 2.28. The minimum absolute atomic E-state index is 0.00343. The third-order valence-electron chi connectivity index (χ3n) is 4.00. The molecular weight excluding hydrogens is 384 g/mol. The fraction of sp³-hybridized carbons (Fsp3) is 0.375. The average Bonchev–Trinajstić information content (AvgIpc) is 3.09. The van der Waals surface area contributed by atoms with E-state index in [1.807, 2.05) is 0 Å². The van der Waals surface area contributed by atoms with Gasteiger partial charge in [-0.3, -0.25) is 4.79 Å². The molecule has 10 heteroatoms. The van der Waals surface area contributed by atoms with E-state index >= 15 is 0 Å². The summed E-state index contributed by atoms with van der Waals surface area (Å²) >= 11 is 0.409. The molecule has 1 aromatic heterocycles. The van der Waals surface area contributed by atoms with Gasteiger partial charge in [-0.25, -0.2) is 13.1 Å². The lowest BCUT2D eigenvalue weighted by molar-refractivity contribution is 0.102. The molecule has 0 radical (unpaired) electrons.